The van der Waals surface area contributed by atoms with Crippen LogP contribution >= 0.6 is 11.8 Å². The Hall–Kier alpha value is -1.12. The SMILES string of the molecule is CCN(CCC(=O)O)C(=O)NCCSC(F)(F)F. The van der Waals surface area contributed by atoms with Gasteiger partial charge < -0.3 is 15.3 Å². The maximum absolute atomic E-state index is 11.8. The van der Waals surface area contributed by atoms with Crippen LogP contribution in [0, 0.1) is 0 Å². The van der Waals surface area contributed by atoms with E-state index in [1.807, 2.05) is 0 Å². The second kappa shape index (κ2) is 8.06. The minimum Gasteiger partial charge on any atom is -0.481 e. The molecule has 0 bridgehead atoms. The van der Waals surface area contributed by atoms with E-state index >= 15 is 0 Å². The number of aliphatic carboxylic acids is 1. The Balaban J connectivity index is 3.87. The fourth-order valence-electron chi connectivity index (χ4n) is 1.07. The van der Waals surface area contributed by atoms with Gasteiger partial charge >= 0.3 is 17.5 Å². The average molecular weight is 288 g/mol. The van der Waals surface area contributed by atoms with E-state index < -0.39 is 17.5 Å². The maximum atomic E-state index is 11.8. The number of carbonyl (C=O) groups excluding carboxylic acids is 1. The number of nitrogens with zero attached hydrogens (tertiary/aromatic N) is 1. The third kappa shape index (κ3) is 8.97. The van der Waals surface area contributed by atoms with Crippen LogP contribution in [0.2, 0.25) is 0 Å². The molecule has 106 valence electrons. The Morgan fingerprint density at radius 3 is 2.44 bits per heavy atom. The van der Waals surface area contributed by atoms with E-state index in [4.69, 9.17) is 5.11 Å². The van der Waals surface area contributed by atoms with Gasteiger partial charge in [-0.3, -0.25) is 4.79 Å². The van der Waals surface area contributed by atoms with Crippen LogP contribution in [-0.4, -0.2) is 52.9 Å². The summed E-state index contributed by atoms with van der Waals surface area (Å²) < 4.78 is 35.4. The molecule has 0 aromatic rings. The molecule has 0 aliphatic heterocycles. The first-order valence-corrected chi connectivity index (χ1v) is 6.20. The number of carboxylic acids is 1. The lowest BCUT2D eigenvalue weighted by Gasteiger charge is -2.20. The van der Waals surface area contributed by atoms with E-state index in [9.17, 15) is 22.8 Å². The summed E-state index contributed by atoms with van der Waals surface area (Å²) in [5.41, 5.74) is -4.31. The van der Waals surface area contributed by atoms with Crippen LogP contribution in [0.15, 0.2) is 0 Å². The molecule has 0 rings (SSSR count). The number of rotatable bonds is 7. The highest BCUT2D eigenvalue weighted by Crippen LogP contribution is 2.29. The number of hydrogen-bond donors (Lipinski definition) is 2. The van der Waals surface area contributed by atoms with Crippen LogP contribution in [0.1, 0.15) is 13.3 Å². The van der Waals surface area contributed by atoms with E-state index in [-0.39, 0.29) is 37.0 Å². The van der Waals surface area contributed by atoms with E-state index in [0.29, 0.717) is 6.54 Å². The number of halogens is 3. The van der Waals surface area contributed by atoms with Gasteiger partial charge in [-0.1, -0.05) is 0 Å². The second-order valence-electron chi connectivity index (χ2n) is 3.25. The summed E-state index contributed by atoms with van der Waals surface area (Å²) >= 11 is -0.214. The largest absolute Gasteiger partial charge is 0.481 e. The molecule has 0 aliphatic carbocycles. The van der Waals surface area contributed by atoms with Crippen molar-refractivity contribution in [2.45, 2.75) is 18.9 Å². The zero-order valence-corrected chi connectivity index (χ0v) is 10.6. The van der Waals surface area contributed by atoms with Gasteiger partial charge in [-0.15, -0.1) is 0 Å². The Bertz CT molecular complexity index is 287. The molecule has 0 spiro atoms. The van der Waals surface area contributed by atoms with Crippen molar-refractivity contribution in [1.82, 2.24) is 10.2 Å². The third-order valence-corrected chi connectivity index (χ3v) is 2.64. The van der Waals surface area contributed by atoms with Gasteiger partial charge in [-0.2, -0.15) is 13.2 Å². The van der Waals surface area contributed by atoms with Crippen molar-refractivity contribution in [3.63, 3.8) is 0 Å². The summed E-state index contributed by atoms with van der Waals surface area (Å²) in [4.78, 5) is 23.0. The number of carbonyl (C=O) groups is 2. The fraction of sp³-hybridized carbons (Fsp3) is 0.778. The van der Waals surface area contributed by atoms with Gasteiger partial charge in [0.2, 0.25) is 0 Å². The zero-order chi connectivity index (χ0) is 14.2. The molecule has 0 unspecified atom stereocenters. The van der Waals surface area contributed by atoms with Crippen molar-refractivity contribution in [2.75, 3.05) is 25.4 Å². The van der Waals surface area contributed by atoms with E-state index in [1.54, 1.807) is 6.92 Å². The first-order chi connectivity index (χ1) is 8.26. The smallest absolute Gasteiger partial charge is 0.441 e. The van der Waals surface area contributed by atoms with Crippen molar-refractivity contribution >= 4 is 23.8 Å². The topological polar surface area (TPSA) is 69.6 Å². The first kappa shape index (κ1) is 16.9. The molecule has 0 aromatic heterocycles. The quantitative estimate of drug-likeness (QED) is 0.700. The summed E-state index contributed by atoms with van der Waals surface area (Å²) in [6.07, 6.45) is -0.196. The number of hydrogen-bond acceptors (Lipinski definition) is 3. The molecule has 0 heterocycles. The third-order valence-electron chi connectivity index (χ3n) is 1.91. The van der Waals surface area contributed by atoms with Gasteiger partial charge in [-0.05, 0) is 18.7 Å². The van der Waals surface area contributed by atoms with Crippen LogP contribution in [0.25, 0.3) is 0 Å². The summed E-state index contributed by atoms with van der Waals surface area (Å²) in [6.45, 7) is 1.87. The monoisotopic (exact) mass is 288 g/mol. The van der Waals surface area contributed by atoms with E-state index in [0.717, 1.165) is 0 Å². The first-order valence-electron chi connectivity index (χ1n) is 5.21. The maximum Gasteiger partial charge on any atom is 0.441 e. The van der Waals surface area contributed by atoms with Gasteiger partial charge in [0.1, 0.15) is 0 Å². The molecule has 5 nitrogen and oxygen atoms in total. The molecule has 0 saturated heterocycles. The Kier molecular flexibility index (Phi) is 7.56. The van der Waals surface area contributed by atoms with Crippen molar-refractivity contribution in [2.24, 2.45) is 0 Å². The van der Waals surface area contributed by atoms with Gasteiger partial charge in [0.05, 0.1) is 6.42 Å². The lowest BCUT2D eigenvalue weighted by atomic mass is 10.4. The zero-order valence-electron chi connectivity index (χ0n) is 9.79. The summed E-state index contributed by atoms with van der Waals surface area (Å²) in [7, 11) is 0. The number of urea groups is 1. The predicted octanol–water partition coefficient (Wildman–Crippen LogP) is 1.75. The number of alkyl halides is 3. The Morgan fingerprint density at radius 2 is 2.00 bits per heavy atom. The number of thioether (sulfide) groups is 1. The lowest BCUT2D eigenvalue weighted by molar-refractivity contribution is -0.137. The number of nitrogens with one attached hydrogen (secondary N) is 1. The van der Waals surface area contributed by atoms with Crippen LogP contribution in [-0.2, 0) is 4.79 Å². The second-order valence-corrected chi connectivity index (χ2v) is 4.41. The minimum absolute atomic E-state index is 0.0318. The Labute approximate surface area is 107 Å². The predicted molar refractivity (Wildman–Crippen MR) is 61.4 cm³/mol. The fourth-order valence-corrected chi connectivity index (χ4v) is 1.51. The van der Waals surface area contributed by atoms with Crippen LogP contribution in [0.5, 0.6) is 0 Å². The van der Waals surface area contributed by atoms with Crippen LogP contribution < -0.4 is 5.32 Å². The normalized spacial score (nSPS) is 11.1. The molecule has 0 fully saturated rings. The Morgan fingerprint density at radius 1 is 1.39 bits per heavy atom. The van der Waals surface area contributed by atoms with Gasteiger partial charge in [0.15, 0.2) is 0 Å². The molecular weight excluding hydrogens is 273 g/mol. The molecule has 0 radical (unpaired) electrons. The molecular formula is C9H15F3N2O3S. The summed E-state index contributed by atoms with van der Waals surface area (Å²) in [5.74, 6) is -1.31. The molecule has 0 saturated carbocycles. The molecule has 0 aliphatic rings. The molecule has 2 N–H and O–H groups in total. The summed E-state index contributed by atoms with van der Waals surface area (Å²) in [6, 6.07) is -0.554. The minimum atomic E-state index is -4.31. The number of amides is 2. The van der Waals surface area contributed by atoms with Crippen LogP contribution in [0.4, 0.5) is 18.0 Å². The molecule has 2 amide bonds. The molecule has 18 heavy (non-hydrogen) atoms. The van der Waals surface area contributed by atoms with Crippen LogP contribution in [0.3, 0.4) is 0 Å². The van der Waals surface area contributed by atoms with Crippen molar-refractivity contribution in [1.29, 1.82) is 0 Å². The highest BCUT2D eigenvalue weighted by molar-refractivity contribution is 8.00. The van der Waals surface area contributed by atoms with E-state index in [1.165, 1.54) is 4.90 Å². The average Bonchev–Trinajstić information content (AvgIpc) is 2.23. The van der Waals surface area contributed by atoms with Gasteiger partial charge in [0, 0.05) is 25.4 Å². The highest BCUT2D eigenvalue weighted by Gasteiger charge is 2.27. The highest BCUT2D eigenvalue weighted by atomic mass is 32.2. The molecule has 0 atom stereocenters. The van der Waals surface area contributed by atoms with Crippen molar-refractivity contribution in [3.8, 4) is 0 Å². The van der Waals surface area contributed by atoms with Gasteiger partial charge in [-0.25, -0.2) is 4.79 Å². The summed E-state index contributed by atoms with van der Waals surface area (Å²) in [5, 5.41) is 10.8. The van der Waals surface area contributed by atoms with Crippen molar-refractivity contribution < 1.29 is 27.9 Å². The standard InChI is InChI=1S/C9H15F3N2O3S/c1-2-14(5-3-7(15)16)8(17)13-4-6-18-9(10,11)12/h2-6H2,1H3,(H,13,17)(H,15,16). The number of carboxylic acid groups (broad SMARTS) is 1. The van der Waals surface area contributed by atoms with E-state index in [2.05, 4.69) is 5.32 Å². The van der Waals surface area contributed by atoms with Crippen molar-refractivity contribution in [3.05, 3.63) is 0 Å². The lowest BCUT2D eigenvalue weighted by Crippen LogP contribution is -2.41. The molecule has 0 aromatic carbocycles. The molecule has 9 heteroatoms. The van der Waals surface area contributed by atoms with Gasteiger partial charge in [0.25, 0.3) is 0 Å².